The van der Waals surface area contributed by atoms with Crippen LogP contribution in [0.25, 0.3) is 112 Å². The Morgan fingerprint density at radius 3 is 1.52 bits per heavy atom. The van der Waals surface area contributed by atoms with Crippen LogP contribution in [0.2, 0.25) is 0 Å². The third-order valence-electron chi connectivity index (χ3n) is 13.0. The smallest absolute Gasteiger partial charge is 0.164 e. The fourth-order valence-electron chi connectivity index (χ4n) is 9.72. The summed E-state index contributed by atoms with van der Waals surface area (Å²) in [7, 11) is 0. The van der Waals surface area contributed by atoms with Crippen molar-refractivity contribution in [2.45, 2.75) is 19.3 Å². The number of hydrogen-bond donors (Lipinski definition) is 0. The van der Waals surface area contributed by atoms with Crippen LogP contribution in [-0.2, 0) is 5.41 Å². The average molecular weight is 820 g/mol. The van der Waals surface area contributed by atoms with Gasteiger partial charge in [-0.3, -0.25) is 0 Å². The zero-order valence-electron chi connectivity index (χ0n) is 35.5. The van der Waals surface area contributed by atoms with E-state index in [1.807, 2.05) is 12.1 Å². The SMILES string of the molecule is CC1(C)c2ccccc2-c2c(-c3nc(-c4cccc(-c5ccc(-c6ccccc6)cc5)c4)nc(-c4cccc(-c5ccc6c(c5)oc5cccc(-c7ccccc7)c56)c4)n3)cccc21. The third-order valence-corrected chi connectivity index (χ3v) is 13.0. The van der Waals surface area contributed by atoms with Crippen LogP contribution in [0.1, 0.15) is 25.0 Å². The molecule has 4 heteroatoms. The van der Waals surface area contributed by atoms with E-state index in [4.69, 9.17) is 19.4 Å². The standard InChI is InChI=1S/C60H41N3O/c1-60(2)51-26-10-9-23-48(51)55-50(25-13-27-52(55)60)59-62-57(45-21-11-19-42(35-45)40-31-29-39(30-32-40)38-15-5-3-6-16-38)61-58(63-59)46-22-12-20-43(36-46)44-33-34-49-54(37-44)64-53-28-14-24-47(56(49)53)41-17-7-4-8-18-41/h3-37H,1-2H3. The Morgan fingerprint density at radius 2 is 0.797 bits per heavy atom. The monoisotopic (exact) mass is 819 g/mol. The van der Waals surface area contributed by atoms with Gasteiger partial charge in [-0.1, -0.05) is 196 Å². The Morgan fingerprint density at radius 1 is 0.328 bits per heavy atom. The van der Waals surface area contributed by atoms with Crippen LogP contribution >= 0.6 is 0 Å². The van der Waals surface area contributed by atoms with Gasteiger partial charge in [0.05, 0.1) is 0 Å². The van der Waals surface area contributed by atoms with E-state index < -0.39 is 0 Å². The van der Waals surface area contributed by atoms with E-state index >= 15 is 0 Å². The highest BCUT2D eigenvalue weighted by Gasteiger charge is 2.37. The number of aromatic nitrogens is 3. The number of nitrogens with zero attached hydrogens (tertiary/aromatic N) is 3. The van der Waals surface area contributed by atoms with E-state index in [0.717, 1.165) is 66.4 Å². The molecule has 0 radical (unpaired) electrons. The molecule has 1 aliphatic rings. The number of hydrogen-bond acceptors (Lipinski definition) is 4. The van der Waals surface area contributed by atoms with Crippen molar-refractivity contribution >= 4 is 21.9 Å². The van der Waals surface area contributed by atoms with Crippen molar-refractivity contribution in [3.05, 3.63) is 223 Å². The first kappa shape index (κ1) is 37.5. The van der Waals surface area contributed by atoms with Gasteiger partial charge in [0.25, 0.3) is 0 Å². The average Bonchev–Trinajstić information content (AvgIpc) is 3.86. The second-order valence-corrected chi connectivity index (χ2v) is 17.2. The molecule has 0 saturated carbocycles. The predicted molar refractivity (Wildman–Crippen MR) is 263 cm³/mol. The Bertz CT molecular complexity index is 3570. The van der Waals surface area contributed by atoms with Gasteiger partial charge in [0.2, 0.25) is 0 Å². The summed E-state index contributed by atoms with van der Waals surface area (Å²) in [6.45, 7) is 4.61. The lowest BCUT2D eigenvalue weighted by molar-refractivity contribution is 0.660. The van der Waals surface area contributed by atoms with Crippen molar-refractivity contribution in [2.75, 3.05) is 0 Å². The van der Waals surface area contributed by atoms with Gasteiger partial charge in [0, 0.05) is 32.9 Å². The molecule has 64 heavy (non-hydrogen) atoms. The predicted octanol–water partition coefficient (Wildman–Crippen LogP) is 15.7. The minimum atomic E-state index is -0.163. The Labute approximate surface area is 372 Å². The highest BCUT2D eigenvalue weighted by molar-refractivity contribution is 6.13. The first-order valence-electron chi connectivity index (χ1n) is 21.8. The fourth-order valence-corrected chi connectivity index (χ4v) is 9.72. The lowest BCUT2D eigenvalue weighted by Gasteiger charge is -2.21. The first-order valence-corrected chi connectivity index (χ1v) is 21.8. The molecule has 0 saturated heterocycles. The molecule has 11 aromatic rings. The van der Waals surface area contributed by atoms with Crippen LogP contribution in [0.4, 0.5) is 0 Å². The van der Waals surface area contributed by atoms with Gasteiger partial charge in [-0.05, 0) is 97.1 Å². The minimum Gasteiger partial charge on any atom is -0.456 e. The number of fused-ring (bicyclic) bond motifs is 6. The maximum Gasteiger partial charge on any atom is 0.164 e. The van der Waals surface area contributed by atoms with Crippen molar-refractivity contribution in [3.63, 3.8) is 0 Å². The quantitative estimate of drug-likeness (QED) is 0.161. The molecule has 0 unspecified atom stereocenters. The molecule has 1 aliphatic carbocycles. The van der Waals surface area contributed by atoms with Gasteiger partial charge < -0.3 is 4.42 Å². The van der Waals surface area contributed by atoms with Crippen molar-refractivity contribution in [1.29, 1.82) is 0 Å². The first-order chi connectivity index (χ1) is 31.5. The molecule has 12 rings (SSSR count). The van der Waals surface area contributed by atoms with Gasteiger partial charge in [-0.25, -0.2) is 15.0 Å². The molecular weight excluding hydrogens is 779 g/mol. The number of rotatable bonds is 7. The maximum absolute atomic E-state index is 6.53. The van der Waals surface area contributed by atoms with E-state index in [1.165, 1.54) is 38.9 Å². The highest BCUT2D eigenvalue weighted by atomic mass is 16.3. The van der Waals surface area contributed by atoms with Crippen molar-refractivity contribution < 1.29 is 4.42 Å². The van der Waals surface area contributed by atoms with Crippen molar-refractivity contribution in [2.24, 2.45) is 0 Å². The zero-order valence-corrected chi connectivity index (χ0v) is 35.5. The van der Waals surface area contributed by atoms with Crippen LogP contribution in [0.5, 0.6) is 0 Å². The Hall–Kier alpha value is -8.21. The Balaban J connectivity index is 0.985. The summed E-state index contributed by atoms with van der Waals surface area (Å²) in [5.74, 6) is 1.87. The summed E-state index contributed by atoms with van der Waals surface area (Å²) >= 11 is 0. The van der Waals surface area contributed by atoms with Crippen LogP contribution in [0, 0.1) is 0 Å². The second-order valence-electron chi connectivity index (χ2n) is 17.2. The molecule has 0 fully saturated rings. The maximum atomic E-state index is 6.53. The van der Waals surface area contributed by atoms with E-state index in [9.17, 15) is 0 Å². The summed E-state index contributed by atoms with van der Waals surface area (Å²) in [4.78, 5) is 15.9. The fraction of sp³-hybridized carbons (Fsp3) is 0.0500. The highest BCUT2D eigenvalue weighted by Crippen LogP contribution is 2.52. The lowest BCUT2D eigenvalue weighted by atomic mass is 9.82. The summed E-state index contributed by atoms with van der Waals surface area (Å²) in [5, 5.41) is 2.22. The normalized spacial score (nSPS) is 12.7. The van der Waals surface area contributed by atoms with Gasteiger partial charge in [-0.2, -0.15) is 0 Å². The third kappa shape index (κ3) is 6.34. The molecule has 0 atom stereocenters. The van der Waals surface area contributed by atoms with E-state index in [0.29, 0.717) is 17.5 Å². The van der Waals surface area contributed by atoms with Crippen molar-refractivity contribution in [1.82, 2.24) is 15.0 Å². The lowest BCUT2D eigenvalue weighted by Crippen LogP contribution is -2.14. The Kier molecular flexibility index (Phi) is 8.80. The van der Waals surface area contributed by atoms with Crippen LogP contribution in [-0.4, -0.2) is 15.0 Å². The van der Waals surface area contributed by atoms with E-state index in [2.05, 4.69) is 214 Å². The zero-order chi connectivity index (χ0) is 42.8. The molecule has 0 amide bonds. The molecule has 4 nitrogen and oxygen atoms in total. The van der Waals surface area contributed by atoms with Crippen LogP contribution in [0.15, 0.2) is 217 Å². The molecule has 2 aromatic heterocycles. The second kappa shape index (κ2) is 15.0. The van der Waals surface area contributed by atoms with Gasteiger partial charge in [0.15, 0.2) is 17.5 Å². The van der Waals surface area contributed by atoms with Gasteiger partial charge in [0.1, 0.15) is 11.2 Å². The molecule has 302 valence electrons. The van der Waals surface area contributed by atoms with Crippen LogP contribution < -0.4 is 0 Å². The van der Waals surface area contributed by atoms with Crippen LogP contribution in [0.3, 0.4) is 0 Å². The summed E-state index contributed by atoms with van der Waals surface area (Å²) < 4.78 is 6.53. The van der Waals surface area contributed by atoms with E-state index in [1.54, 1.807) is 0 Å². The van der Waals surface area contributed by atoms with Gasteiger partial charge >= 0.3 is 0 Å². The topological polar surface area (TPSA) is 51.8 Å². The summed E-state index contributed by atoms with van der Waals surface area (Å²) in [6.07, 6.45) is 0. The molecule has 0 bridgehead atoms. The molecule has 0 aliphatic heterocycles. The molecular formula is C60H41N3O. The number of furan rings is 1. The molecule has 9 aromatic carbocycles. The summed E-state index contributed by atoms with van der Waals surface area (Å²) in [6, 6.07) is 74.9. The van der Waals surface area contributed by atoms with Crippen molar-refractivity contribution in [3.8, 4) is 89.8 Å². The summed E-state index contributed by atoms with van der Waals surface area (Å²) in [5.41, 5.74) is 18.4. The molecule has 0 spiro atoms. The van der Waals surface area contributed by atoms with E-state index in [-0.39, 0.29) is 5.41 Å². The minimum absolute atomic E-state index is 0.163. The number of benzene rings is 9. The van der Waals surface area contributed by atoms with Gasteiger partial charge in [-0.15, -0.1) is 0 Å². The molecule has 2 heterocycles. The largest absolute Gasteiger partial charge is 0.456 e. The molecule has 0 N–H and O–H groups in total.